The molecular weight excluding hydrogens is 254 g/mol. The summed E-state index contributed by atoms with van der Waals surface area (Å²) in [6.07, 6.45) is 4.04. The molecule has 1 aromatic carbocycles. The predicted octanol–water partition coefficient (Wildman–Crippen LogP) is 2.04. The summed E-state index contributed by atoms with van der Waals surface area (Å²) >= 11 is 0. The predicted molar refractivity (Wildman–Crippen MR) is 76.8 cm³/mol. The zero-order valence-corrected chi connectivity index (χ0v) is 11.6. The van der Waals surface area contributed by atoms with E-state index in [-0.39, 0.29) is 0 Å². The highest BCUT2D eigenvalue weighted by Crippen LogP contribution is 2.10. The second kappa shape index (κ2) is 8.12. The van der Waals surface area contributed by atoms with Crippen LogP contribution in [0, 0.1) is 0 Å². The number of hydrogen-bond acceptors (Lipinski definition) is 5. The Kier molecular flexibility index (Phi) is 5.79. The quantitative estimate of drug-likeness (QED) is 0.746. The van der Waals surface area contributed by atoms with Gasteiger partial charge in [-0.25, -0.2) is 0 Å². The summed E-state index contributed by atoms with van der Waals surface area (Å²) in [7, 11) is 1.56. The van der Waals surface area contributed by atoms with E-state index >= 15 is 0 Å². The van der Waals surface area contributed by atoms with Gasteiger partial charge in [-0.1, -0.05) is 30.3 Å². The van der Waals surface area contributed by atoms with E-state index in [0.29, 0.717) is 18.4 Å². The van der Waals surface area contributed by atoms with Gasteiger partial charge in [0.1, 0.15) is 0 Å². The summed E-state index contributed by atoms with van der Waals surface area (Å²) in [5.41, 5.74) is 1.28. The lowest BCUT2D eigenvalue weighted by Crippen LogP contribution is -2.17. The van der Waals surface area contributed by atoms with Crippen LogP contribution in [0.15, 0.2) is 42.7 Å². The maximum absolute atomic E-state index is 5.51. The van der Waals surface area contributed by atoms with Gasteiger partial charge in [0.15, 0.2) is 0 Å². The van der Waals surface area contributed by atoms with Crippen LogP contribution in [0.2, 0.25) is 0 Å². The zero-order chi connectivity index (χ0) is 14.0. The average molecular weight is 273 g/mol. The van der Waals surface area contributed by atoms with Crippen molar-refractivity contribution in [1.29, 1.82) is 0 Å². The summed E-state index contributed by atoms with van der Waals surface area (Å²) in [6, 6.07) is 10.3. The highest BCUT2D eigenvalue weighted by Gasteiger charge is 1.99. The summed E-state index contributed by atoms with van der Waals surface area (Å²) in [6.45, 7) is 2.37. The molecule has 0 aliphatic heterocycles. The van der Waals surface area contributed by atoms with Crippen LogP contribution in [0.5, 0.6) is 11.8 Å². The molecular formula is C15H19N3O2. The topological polar surface area (TPSA) is 56.3 Å². The standard InChI is InChI=1S/C15H19N3O2/c1-19-14-11-17-12-15(18-14)20-9-5-8-16-10-13-6-3-2-4-7-13/h2-4,6-7,11-12,16H,5,8-10H2,1H3. The van der Waals surface area contributed by atoms with Gasteiger partial charge in [0, 0.05) is 6.54 Å². The number of aromatic nitrogens is 2. The maximum Gasteiger partial charge on any atom is 0.235 e. The van der Waals surface area contributed by atoms with E-state index in [0.717, 1.165) is 19.5 Å². The fraction of sp³-hybridized carbons (Fsp3) is 0.333. The molecule has 5 nitrogen and oxygen atoms in total. The first-order chi connectivity index (χ1) is 9.88. The highest BCUT2D eigenvalue weighted by atomic mass is 16.5. The lowest BCUT2D eigenvalue weighted by molar-refractivity contribution is 0.288. The second-order valence-electron chi connectivity index (χ2n) is 4.26. The molecule has 0 amide bonds. The van der Waals surface area contributed by atoms with Gasteiger partial charge in [-0.2, -0.15) is 4.98 Å². The highest BCUT2D eigenvalue weighted by molar-refractivity contribution is 5.14. The second-order valence-corrected chi connectivity index (χ2v) is 4.26. The van der Waals surface area contributed by atoms with Crippen molar-refractivity contribution in [3.63, 3.8) is 0 Å². The molecule has 0 spiro atoms. The van der Waals surface area contributed by atoms with Gasteiger partial charge in [0.05, 0.1) is 26.1 Å². The Morgan fingerprint density at radius 3 is 2.70 bits per heavy atom. The van der Waals surface area contributed by atoms with Crippen LogP contribution < -0.4 is 14.8 Å². The van der Waals surface area contributed by atoms with Crippen LogP contribution in [0.4, 0.5) is 0 Å². The Labute approximate surface area is 119 Å². The Bertz CT molecular complexity index is 505. The van der Waals surface area contributed by atoms with Crippen LogP contribution >= 0.6 is 0 Å². The van der Waals surface area contributed by atoms with Gasteiger partial charge in [-0.15, -0.1) is 0 Å². The Balaban J connectivity index is 1.59. The molecule has 20 heavy (non-hydrogen) atoms. The van der Waals surface area contributed by atoms with Crippen molar-refractivity contribution in [1.82, 2.24) is 15.3 Å². The van der Waals surface area contributed by atoms with Crippen LogP contribution in [0.1, 0.15) is 12.0 Å². The molecule has 0 radical (unpaired) electrons. The Morgan fingerprint density at radius 1 is 1.10 bits per heavy atom. The molecule has 2 aromatic rings. The minimum Gasteiger partial charge on any atom is -0.480 e. The normalized spacial score (nSPS) is 10.2. The largest absolute Gasteiger partial charge is 0.480 e. The first-order valence-electron chi connectivity index (χ1n) is 6.62. The van der Waals surface area contributed by atoms with Gasteiger partial charge in [0.25, 0.3) is 0 Å². The Hall–Kier alpha value is -2.14. The molecule has 5 heteroatoms. The van der Waals surface area contributed by atoms with Crippen molar-refractivity contribution in [2.45, 2.75) is 13.0 Å². The lowest BCUT2D eigenvalue weighted by Gasteiger charge is -2.07. The minimum absolute atomic E-state index is 0.463. The van der Waals surface area contributed by atoms with Gasteiger partial charge in [0.2, 0.25) is 11.8 Å². The van der Waals surface area contributed by atoms with Crippen molar-refractivity contribution in [3.8, 4) is 11.8 Å². The van der Waals surface area contributed by atoms with Crippen LogP contribution in [-0.4, -0.2) is 30.2 Å². The molecule has 0 saturated heterocycles. The number of ether oxygens (including phenoxy) is 2. The lowest BCUT2D eigenvalue weighted by atomic mass is 10.2. The van der Waals surface area contributed by atoms with E-state index in [9.17, 15) is 0 Å². The molecule has 0 fully saturated rings. The molecule has 0 aliphatic carbocycles. The monoisotopic (exact) mass is 273 g/mol. The summed E-state index contributed by atoms with van der Waals surface area (Å²) in [5, 5.41) is 3.37. The fourth-order valence-electron chi connectivity index (χ4n) is 1.70. The van der Waals surface area contributed by atoms with Crippen molar-refractivity contribution in [2.75, 3.05) is 20.3 Å². The van der Waals surface area contributed by atoms with Gasteiger partial charge in [-0.05, 0) is 18.5 Å². The first kappa shape index (κ1) is 14.3. The van der Waals surface area contributed by atoms with Crippen molar-refractivity contribution < 1.29 is 9.47 Å². The number of nitrogens with one attached hydrogen (secondary N) is 1. The molecule has 0 bridgehead atoms. The summed E-state index contributed by atoms with van der Waals surface area (Å²) in [5.74, 6) is 0.956. The fourth-order valence-corrected chi connectivity index (χ4v) is 1.70. The van der Waals surface area contributed by atoms with Crippen molar-refractivity contribution >= 4 is 0 Å². The summed E-state index contributed by atoms with van der Waals surface area (Å²) < 4.78 is 10.5. The van der Waals surface area contributed by atoms with Crippen molar-refractivity contribution in [2.24, 2.45) is 0 Å². The molecule has 0 aliphatic rings. The molecule has 1 N–H and O–H groups in total. The number of benzene rings is 1. The molecule has 1 aromatic heterocycles. The number of hydrogen-bond donors (Lipinski definition) is 1. The maximum atomic E-state index is 5.51. The van der Waals surface area contributed by atoms with E-state index < -0.39 is 0 Å². The molecule has 2 rings (SSSR count). The minimum atomic E-state index is 0.463. The third kappa shape index (κ3) is 4.85. The summed E-state index contributed by atoms with van der Waals surface area (Å²) in [4.78, 5) is 8.11. The molecule has 0 atom stereocenters. The van der Waals surface area contributed by atoms with Crippen LogP contribution in [0.3, 0.4) is 0 Å². The van der Waals surface area contributed by atoms with Gasteiger partial charge in [-0.3, -0.25) is 4.98 Å². The molecule has 106 valence electrons. The molecule has 0 unspecified atom stereocenters. The first-order valence-corrected chi connectivity index (χ1v) is 6.62. The van der Waals surface area contributed by atoms with Crippen LogP contribution in [-0.2, 0) is 6.54 Å². The van der Waals surface area contributed by atoms with E-state index in [1.165, 1.54) is 5.56 Å². The van der Waals surface area contributed by atoms with Gasteiger partial charge < -0.3 is 14.8 Å². The Morgan fingerprint density at radius 2 is 1.90 bits per heavy atom. The molecule has 1 heterocycles. The number of nitrogens with zero attached hydrogens (tertiary/aromatic N) is 2. The zero-order valence-electron chi connectivity index (χ0n) is 11.6. The van der Waals surface area contributed by atoms with Crippen molar-refractivity contribution in [3.05, 3.63) is 48.3 Å². The number of methoxy groups -OCH3 is 1. The molecule has 0 saturated carbocycles. The average Bonchev–Trinajstić information content (AvgIpc) is 2.52. The third-order valence-electron chi connectivity index (χ3n) is 2.72. The van der Waals surface area contributed by atoms with E-state index in [1.54, 1.807) is 19.5 Å². The SMILES string of the molecule is COc1cncc(OCCCNCc2ccccc2)n1. The smallest absolute Gasteiger partial charge is 0.235 e. The van der Waals surface area contributed by atoms with Crippen LogP contribution in [0.25, 0.3) is 0 Å². The van der Waals surface area contributed by atoms with Gasteiger partial charge >= 0.3 is 0 Å². The number of rotatable bonds is 8. The van der Waals surface area contributed by atoms with E-state index in [2.05, 4.69) is 27.4 Å². The van der Waals surface area contributed by atoms with E-state index in [4.69, 9.17) is 9.47 Å². The third-order valence-corrected chi connectivity index (χ3v) is 2.72. The van der Waals surface area contributed by atoms with E-state index in [1.807, 2.05) is 18.2 Å².